The van der Waals surface area contributed by atoms with E-state index in [1.165, 1.54) is 10.3 Å². The van der Waals surface area contributed by atoms with E-state index in [1.54, 1.807) is 11.3 Å². The quantitative estimate of drug-likeness (QED) is 0.624. The van der Waals surface area contributed by atoms with Crippen molar-refractivity contribution in [2.75, 3.05) is 0 Å². The van der Waals surface area contributed by atoms with Gasteiger partial charge in [0.25, 0.3) is 0 Å². The number of hydrogen-bond donors (Lipinski definition) is 0. The molecule has 0 saturated heterocycles. The Kier molecular flexibility index (Phi) is 3.85. The van der Waals surface area contributed by atoms with E-state index in [2.05, 4.69) is 59.0 Å². The van der Waals surface area contributed by atoms with E-state index in [9.17, 15) is 0 Å². The molecule has 102 valence electrons. The molecule has 2 aromatic heterocycles. The Morgan fingerprint density at radius 3 is 2.65 bits per heavy atom. The minimum atomic E-state index is 0.280. The minimum absolute atomic E-state index is 0.280. The van der Waals surface area contributed by atoms with Crippen LogP contribution in [0.5, 0.6) is 0 Å². The van der Waals surface area contributed by atoms with Gasteiger partial charge in [-0.05, 0) is 26.0 Å². The van der Waals surface area contributed by atoms with Crippen LogP contribution < -0.4 is 0 Å². The Bertz CT molecular complexity index is 751. The highest BCUT2D eigenvalue weighted by Crippen LogP contribution is 2.33. The van der Waals surface area contributed by atoms with Crippen molar-refractivity contribution in [1.29, 1.82) is 0 Å². The molecule has 1 aromatic carbocycles. The zero-order valence-electron chi connectivity index (χ0n) is 11.4. The van der Waals surface area contributed by atoms with Crippen LogP contribution in [0, 0.1) is 13.8 Å². The number of hydrogen-bond acceptors (Lipinski definition) is 3. The Labute approximate surface area is 131 Å². The van der Waals surface area contributed by atoms with E-state index in [4.69, 9.17) is 4.98 Å². The lowest BCUT2D eigenvalue weighted by Gasteiger charge is -2.08. The second kappa shape index (κ2) is 5.62. The van der Waals surface area contributed by atoms with Gasteiger partial charge in [0.2, 0.25) is 0 Å². The van der Waals surface area contributed by atoms with Gasteiger partial charge in [0.15, 0.2) is 0 Å². The first-order valence-corrected chi connectivity index (χ1v) is 8.29. The highest BCUT2D eigenvalue weighted by Gasteiger charge is 2.15. The maximum absolute atomic E-state index is 4.73. The highest BCUT2D eigenvalue weighted by molar-refractivity contribution is 9.09. The van der Waals surface area contributed by atoms with E-state index >= 15 is 0 Å². The summed E-state index contributed by atoms with van der Waals surface area (Å²) in [6.07, 6.45) is 0.882. The predicted molar refractivity (Wildman–Crippen MR) is 88.7 cm³/mol. The summed E-state index contributed by atoms with van der Waals surface area (Å²) in [6, 6.07) is 12.5. The lowest BCUT2D eigenvalue weighted by Crippen LogP contribution is -1.98. The van der Waals surface area contributed by atoms with Gasteiger partial charge in [0.1, 0.15) is 0 Å². The van der Waals surface area contributed by atoms with Crippen LogP contribution >= 0.6 is 27.3 Å². The van der Waals surface area contributed by atoms with Crippen molar-refractivity contribution in [1.82, 2.24) is 9.97 Å². The number of rotatable bonds is 3. The number of halogens is 1. The fourth-order valence-electron chi connectivity index (χ4n) is 2.34. The van der Waals surface area contributed by atoms with Gasteiger partial charge in [-0.2, -0.15) is 0 Å². The molecule has 3 aromatic rings. The second-order valence-electron chi connectivity index (χ2n) is 4.85. The van der Waals surface area contributed by atoms with Gasteiger partial charge in [-0.3, -0.25) is 4.98 Å². The topological polar surface area (TPSA) is 25.8 Å². The summed E-state index contributed by atoms with van der Waals surface area (Å²) in [5.74, 6) is 0. The number of fused-ring (bicyclic) bond motifs is 1. The normalized spacial score (nSPS) is 12.8. The van der Waals surface area contributed by atoms with Gasteiger partial charge in [0.05, 0.1) is 21.0 Å². The monoisotopic (exact) mass is 346 g/mol. The first-order valence-electron chi connectivity index (χ1n) is 6.56. The van der Waals surface area contributed by atoms with Crippen LogP contribution in [-0.4, -0.2) is 9.97 Å². The van der Waals surface area contributed by atoms with Gasteiger partial charge in [0, 0.05) is 22.4 Å². The number of pyridine rings is 1. The van der Waals surface area contributed by atoms with Gasteiger partial charge in [-0.15, -0.1) is 11.3 Å². The molecule has 1 unspecified atom stereocenters. The van der Waals surface area contributed by atoms with Crippen LogP contribution in [0.1, 0.15) is 26.1 Å². The smallest absolute Gasteiger partial charge is 0.0900 e. The standard InChI is InChI=1S/C16H15BrN2S/c1-10-16(20-11(2)18-10)14(17)9-13-8-7-12-5-3-4-6-15(12)19-13/h3-8,14H,9H2,1-2H3. The molecule has 0 bridgehead atoms. The largest absolute Gasteiger partial charge is 0.253 e. The summed E-state index contributed by atoms with van der Waals surface area (Å²) in [7, 11) is 0. The molecule has 0 aliphatic carbocycles. The molecule has 0 aliphatic rings. The number of nitrogens with zero attached hydrogens (tertiary/aromatic N) is 2. The zero-order valence-corrected chi connectivity index (χ0v) is 13.8. The van der Waals surface area contributed by atoms with E-state index < -0.39 is 0 Å². The zero-order chi connectivity index (χ0) is 14.1. The van der Waals surface area contributed by atoms with Crippen LogP contribution in [0.2, 0.25) is 0 Å². The fraction of sp³-hybridized carbons (Fsp3) is 0.250. The van der Waals surface area contributed by atoms with Gasteiger partial charge >= 0.3 is 0 Å². The van der Waals surface area contributed by atoms with Crippen molar-refractivity contribution in [3.05, 3.63) is 57.7 Å². The summed E-state index contributed by atoms with van der Waals surface area (Å²) in [6.45, 7) is 4.12. The predicted octanol–water partition coefficient (Wildman–Crippen LogP) is 4.99. The number of aromatic nitrogens is 2. The van der Waals surface area contributed by atoms with Crippen molar-refractivity contribution in [2.45, 2.75) is 25.1 Å². The van der Waals surface area contributed by atoms with E-state index in [-0.39, 0.29) is 4.83 Å². The highest BCUT2D eigenvalue weighted by atomic mass is 79.9. The Morgan fingerprint density at radius 1 is 1.10 bits per heavy atom. The van der Waals surface area contributed by atoms with Gasteiger partial charge < -0.3 is 0 Å². The number of alkyl halides is 1. The third-order valence-corrected chi connectivity index (χ3v) is 5.54. The van der Waals surface area contributed by atoms with Crippen molar-refractivity contribution in [2.24, 2.45) is 0 Å². The molecule has 0 amide bonds. The first kappa shape index (κ1) is 13.7. The SMILES string of the molecule is Cc1nc(C)c(C(Br)Cc2ccc3ccccc3n2)s1. The molecule has 0 saturated carbocycles. The van der Waals surface area contributed by atoms with Crippen LogP contribution in [-0.2, 0) is 6.42 Å². The molecule has 1 atom stereocenters. The van der Waals surface area contributed by atoms with E-state index in [0.29, 0.717) is 0 Å². The third kappa shape index (κ3) is 2.76. The van der Waals surface area contributed by atoms with Crippen LogP contribution in [0.4, 0.5) is 0 Å². The van der Waals surface area contributed by atoms with E-state index in [1.807, 2.05) is 12.1 Å². The number of aryl methyl sites for hydroxylation is 2. The van der Waals surface area contributed by atoms with Crippen molar-refractivity contribution < 1.29 is 0 Å². The molecule has 0 spiro atoms. The molecule has 0 aliphatic heterocycles. The summed E-state index contributed by atoms with van der Waals surface area (Å²) < 4.78 is 0. The molecule has 20 heavy (non-hydrogen) atoms. The summed E-state index contributed by atoms with van der Waals surface area (Å²) in [5, 5.41) is 2.31. The molecule has 4 heteroatoms. The molecule has 0 radical (unpaired) electrons. The lowest BCUT2D eigenvalue weighted by atomic mass is 10.1. The summed E-state index contributed by atoms with van der Waals surface area (Å²) >= 11 is 5.54. The molecular formula is C16H15BrN2S. The van der Waals surface area contributed by atoms with Crippen LogP contribution in [0.15, 0.2) is 36.4 Å². The molecule has 0 fully saturated rings. The molecule has 3 rings (SSSR count). The Balaban J connectivity index is 1.87. The Hall–Kier alpha value is -1.26. The minimum Gasteiger partial charge on any atom is -0.253 e. The maximum atomic E-state index is 4.73. The first-order chi connectivity index (χ1) is 9.63. The summed E-state index contributed by atoms with van der Waals surface area (Å²) in [5.41, 5.74) is 3.29. The molecule has 2 nitrogen and oxygen atoms in total. The lowest BCUT2D eigenvalue weighted by molar-refractivity contribution is 0.916. The summed E-state index contributed by atoms with van der Waals surface area (Å²) in [4.78, 5) is 10.8. The van der Waals surface area contributed by atoms with Crippen LogP contribution in [0.25, 0.3) is 10.9 Å². The van der Waals surface area contributed by atoms with Crippen LogP contribution in [0.3, 0.4) is 0 Å². The fourth-order valence-corrected chi connectivity index (χ4v) is 4.18. The number of thiazole rings is 1. The molecule has 2 heterocycles. The van der Waals surface area contributed by atoms with Crippen molar-refractivity contribution in [3.8, 4) is 0 Å². The second-order valence-corrected chi connectivity index (χ2v) is 7.19. The van der Waals surface area contributed by atoms with Crippen molar-refractivity contribution in [3.63, 3.8) is 0 Å². The number of benzene rings is 1. The maximum Gasteiger partial charge on any atom is 0.0900 e. The molecular weight excluding hydrogens is 332 g/mol. The Morgan fingerprint density at radius 2 is 1.90 bits per heavy atom. The average molecular weight is 347 g/mol. The van der Waals surface area contributed by atoms with Gasteiger partial charge in [-0.25, -0.2) is 4.98 Å². The van der Waals surface area contributed by atoms with Crippen molar-refractivity contribution >= 4 is 38.2 Å². The number of para-hydroxylation sites is 1. The van der Waals surface area contributed by atoms with E-state index in [0.717, 1.165) is 28.3 Å². The average Bonchev–Trinajstić information content (AvgIpc) is 2.78. The molecule has 0 N–H and O–H groups in total. The van der Waals surface area contributed by atoms with Gasteiger partial charge in [-0.1, -0.05) is 40.2 Å². The third-order valence-electron chi connectivity index (χ3n) is 3.27.